The molecule has 0 aromatic heterocycles. The summed E-state index contributed by atoms with van der Waals surface area (Å²) < 4.78 is 41.1. The van der Waals surface area contributed by atoms with Crippen molar-refractivity contribution in [2.75, 3.05) is 0 Å². The lowest BCUT2D eigenvalue weighted by molar-refractivity contribution is -0.139. The monoisotopic (exact) mass is 377 g/mol. The molecule has 0 amide bonds. The summed E-state index contributed by atoms with van der Waals surface area (Å²) in [6.45, 7) is 0. The number of aliphatic carboxylic acids is 1. The summed E-state index contributed by atoms with van der Waals surface area (Å²) in [5.41, 5.74) is -1.22. The fourth-order valence-electron chi connectivity index (χ4n) is 3.75. The number of alkyl halides is 3. The van der Waals surface area contributed by atoms with Gasteiger partial charge in [0.15, 0.2) is 0 Å². The maximum Gasteiger partial charge on any atom is 0.433 e. The van der Waals surface area contributed by atoms with Crippen molar-refractivity contribution >= 4 is 22.5 Å². The predicted molar refractivity (Wildman–Crippen MR) is 99.2 cm³/mol. The van der Waals surface area contributed by atoms with Gasteiger partial charge in [-0.15, -0.1) is 0 Å². The number of halogens is 3. The average Bonchev–Trinajstić information content (AvgIpc) is 2.64. The molecule has 3 rings (SSSR count). The van der Waals surface area contributed by atoms with Crippen molar-refractivity contribution in [3.8, 4) is 0 Å². The molecule has 3 nitrogen and oxygen atoms in total. The molecule has 1 fully saturated rings. The second-order valence-electron chi connectivity index (χ2n) is 7.13. The predicted octanol–water partition coefficient (Wildman–Crippen LogP) is 5.61. The van der Waals surface area contributed by atoms with Gasteiger partial charge in [-0.3, -0.25) is 4.99 Å². The summed E-state index contributed by atoms with van der Waals surface area (Å²) in [4.78, 5) is 15.3. The van der Waals surface area contributed by atoms with Crippen LogP contribution in [-0.2, 0) is 4.79 Å². The summed E-state index contributed by atoms with van der Waals surface area (Å²) >= 11 is 0. The lowest BCUT2D eigenvalue weighted by Crippen LogP contribution is -2.30. The van der Waals surface area contributed by atoms with Gasteiger partial charge < -0.3 is 5.11 Å². The Morgan fingerprint density at radius 3 is 2.37 bits per heavy atom. The Hall–Kier alpha value is -2.37. The maximum absolute atomic E-state index is 13.7. The fourth-order valence-corrected chi connectivity index (χ4v) is 3.75. The highest BCUT2D eigenvalue weighted by molar-refractivity contribution is 6.07. The van der Waals surface area contributed by atoms with E-state index in [4.69, 9.17) is 0 Å². The van der Waals surface area contributed by atoms with Gasteiger partial charge in [0, 0.05) is 5.56 Å². The van der Waals surface area contributed by atoms with Crippen LogP contribution in [0.4, 0.5) is 13.2 Å². The number of carbonyl (C=O) groups is 1. The molecule has 0 saturated heterocycles. The topological polar surface area (TPSA) is 49.7 Å². The second kappa shape index (κ2) is 8.11. The summed E-state index contributed by atoms with van der Waals surface area (Å²) in [7, 11) is 0. The van der Waals surface area contributed by atoms with Crippen LogP contribution in [0.15, 0.2) is 47.5 Å². The van der Waals surface area contributed by atoms with Gasteiger partial charge in [-0.2, -0.15) is 13.2 Å². The Morgan fingerprint density at radius 1 is 1.07 bits per heavy atom. The zero-order chi connectivity index (χ0) is 19.4. The molecule has 0 aliphatic heterocycles. The third-order valence-corrected chi connectivity index (χ3v) is 5.14. The van der Waals surface area contributed by atoms with E-state index in [2.05, 4.69) is 4.99 Å². The molecular weight excluding hydrogens is 355 g/mol. The van der Waals surface area contributed by atoms with E-state index >= 15 is 0 Å². The molecule has 0 bridgehead atoms. The molecule has 1 aliphatic carbocycles. The molecule has 1 saturated carbocycles. The third-order valence-electron chi connectivity index (χ3n) is 5.14. The van der Waals surface area contributed by atoms with Gasteiger partial charge in [0.2, 0.25) is 0 Å². The van der Waals surface area contributed by atoms with Crippen molar-refractivity contribution in [2.24, 2.45) is 10.9 Å². The minimum Gasteiger partial charge on any atom is -0.480 e. The van der Waals surface area contributed by atoms with E-state index in [1.807, 2.05) is 12.1 Å². The summed E-state index contributed by atoms with van der Waals surface area (Å²) in [6.07, 6.45) is 0.246. The largest absolute Gasteiger partial charge is 0.480 e. The number of aliphatic imine (C=N–C) groups is 1. The molecule has 0 spiro atoms. The summed E-state index contributed by atoms with van der Waals surface area (Å²) in [5.74, 6) is -1.18. The molecule has 2 aromatic carbocycles. The number of carboxylic acid groups (broad SMARTS) is 1. The first kappa shape index (κ1) is 19.4. The molecule has 0 heterocycles. The molecule has 1 N–H and O–H groups in total. The Bertz CT molecular complexity index is 839. The van der Waals surface area contributed by atoms with Crippen molar-refractivity contribution in [2.45, 2.75) is 50.7 Å². The van der Waals surface area contributed by atoms with E-state index in [0.29, 0.717) is 5.39 Å². The van der Waals surface area contributed by atoms with Crippen LogP contribution in [0.5, 0.6) is 0 Å². The van der Waals surface area contributed by atoms with Gasteiger partial charge in [-0.25, -0.2) is 4.79 Å². The minimum atomic E-state index is -4.72. The highest BCUT2D eigenvalue weighted by Gasteiger charge is 2.38. The van der Waals surface area contributed by atoms with Crippen molar-refractivity contribution in [1.29, 1.82) is 0 Å². The number of fused-ring (bicyclic) bond motifs is 1. The van der Waals surface area contributed by atoms with Crippen molar-refractivity contribution in [3.63, 3.8) is 0 Å². The molecule has 2 aromatic rings. The zero-order valence-corrected chi connectivity index (χ0v) is 14.9. The first-order chi connectivity index (χ1) is 12.8. The van der Waals surface area contributed by atoms with Gasteiger partial charge in [0.1, 0.15) is 11.8 Å². The Balaban J connectivity index is 1.96. The second-order valence-corrected chi connectivity index (χ2v) is 7.13. The number of benzene rings is 2. The molecule has 6 heteroatoms. The van der Waals surface area contributed by atoms with Crippen molar-refractivity contribution < 1.29 is 23.1 Å². The van der Waals surface area contributed by atoms with Crippen molar-refractivity contribution in [3.05, 3.63) is 48.0 Å². The van der Waals surface area contributed by atoms with Crippen LogP contribution in [0, 0.1) is 5.92 Å². The standard InChI is InChI=1S/C21H22F3NO2/c22-21(23,24)19(17-11-10-15-8-4-5-9-16(15)13-17)25-18(20(26)27)12-14-6-2-1-3-7-14/h4-5,8-11,13-14,18H,1-3,6-7,12H2,(H,26,27)/t18-/m1/s1. The van der Waals surface area contributed by atoms with E-state index in [-0.39, 0.29) is 17.9 Å². The van der Waals surface area contributed by atoms with Gasteiger partial charge >= 0.3 is 12.1 Å². The van der Waals surface area contributed by atoms with Gasteiger partial charge in [0.05, 0.1) is 0 Å². The zero-order valence-electron chi connectivity index (χ0n) is 14.9. The first-order valence-corrected chi connectivity index (χ1v) is 9.21. The smallest absolute Gasteiger partial charge is 0.433 e. The number of rotatable bonds is 5. The van der Waals surface area contributed by atoms with Crippen LogP contribution < -0.4 is 0 Å². The molecule has 144 valence electrons. The van der Waals surface area contributed by atoms with Crippen molar-refractivity contribution in [1.82, 2.24) is 0 Å². The molecule has 1 aliphatic rings. The number of carboxylic acids is 1. The molecule has 1 atom stereocenters. The number of hydrogen-bond acceptors (Lipinski definition) is 2. The third kappa shape index (κ3) is 4.87. The minimum absolute atomic E-state index is 0.101. The van der Waals surface area contributed by atoms with E-state index in [1.54, 1.807) is 18.2 Å². The Labute approximate surface area is 155 Å². The van der Waals surface area contributed by atoms with E-state index < -0.39 is 23.9 Å². The summed E-state index contributed by atoms with van der Waals surface area (Å²) in [5, 5.41) is 10.9. The van der Waals surface area contributed by atoms with E-state index in [1.165, 1.54) is 12.1 Å². The molecular formula is C21H22F3NO2. The van der Waals surface area contributed by atoms with Crippen LogP contribution in [-0.4, -0.2) is 29.0 Å². The molecule has 27 heavy (non-hydrogen) atoms. The van der Waals surface area contributed by atoms with Gasteiger partial charge in [-0.05, 0) is 29.2 Å². The molecule has 0 radical (unpaired) electrons. The maximum atomic E-state index is 13.7. The normalized spacial score (nSPS) is 17.8. The number of hydrogen-bond donors (Lipinski definition) is 1. The van der Waals surface area contributed by atoms with Crippen LogP contribution in [0.3, 0.4) is 0 Å². The van der Waals surface area contributed by atoms with Crippen LogP contribution in [0.1, 0.15) is 44.1 Å². The van der Waals surface area contributed by atoms with Gasteiger partial charge in [0.25, 0.3) is 0 Å². The van der Waals surface area contributed by atoms with Crippen LogP contribution >= 0.6 is 0 Å². The first-order valence-electron chi connectivity index (χ1n) is 9.21. The quantitative estimate of drug-likeness (QED) is 0.688. The SMILES string of the molecule is O=C(O)[C@@H](CC1CCCCC1)N=C(c1ccc2ccccc2c1)C(F)(F)F. The highest BCUT2D eigenvalue weighted by Crippen LogP contribution is 2.30. The van der Waals surface area contributed by atoms with Crippen LogP contribution in [0.2, 0.25) is 0 Å². The fraction of sp³-hybridized carbons (Fsp3) is 0.429. The average molecular weight is 377 g/mol. The lowest BCUT2D eigenvalue weighted by atomic mass is 9.85. The Morgan fingerprint density at radius 2 is 1.74 bits per heavy atom. The number of nitrogens with zero attached hydrogens (tertiary/aromatic N) is 1. The lowest BCUT2D eigenvalue weighted by Gasteiger charge is -2.24. The van der Waals surface area contributed by atoms with E-state index in [0.717, 1.165) is 37.5 Å². The van der Waals surface area contributed by atoms with E-state index in [9.17, 15) is 23.1 Å². The summed E-state index contributed by atoms with van der Waals surface area (Å²) in [6, 6.07) is 10.1. The Kier molecular flexibility index (Phi) is 5.82. The molecule has 0 unspecified atom stereocenters. The van der Waals surface area contributed by atoms with Crippen LogP contribution in [0.25, 0.3) is 10.8 Å². The highest BCUT2D eigenvalue weighted by atomic mass is 19.4. The van der Waals surface area contributed by atoms with Gasteiger partial charge in [-0.1, -0.05) is 68.5 Å².